The Bertz CT molecular complexity index is 1440. The van der Waals surface area contributed by atoms with Gasteiger partial charge in [-0.25, -0.2) is 0 Å². The number of nitrogens with zero attached hydrogens (tertiary/aromatic N) is 4. The van der Waals surface area contributed by atoms with E-state index in [2.05, 4.69) is 20.5 Å². The molecule has 0 atom stereocenters. The van der Waals surface area contributed by atoms with Gasteiger partial charge in [0.05, 0.1) is 25.1 Å². The number of hydrogen-bond acceptors (Lipinski definition) is 9. The van der Waals surface area contributed by atoms with Crippen LogP contribution in [0.4, 0.5) is 28.4 Å². The standard InChI is InChI=1S/C25H27N5O5S/c1-6-9-35-24-14-22(29-28-21-11-15(2)19(26)10-16(21)3)17(4)12-23(24)30-27-20-8-7-18(34-5)13-25(20)36(31,32)33/h1,7-8,10-14H,6,9,26H2,2-5H3,(H,31,32,33). The van der Waals surface area contributed by atoms with E-state index >= 15 is 0 Å². The monoisotopic (exact) mass is 509 g/mol. The maximum atomic E-state index is 11.8. The van der Waals surface area contributed by atoms with Crippen LogP contribution in [0, 0.1) is 27.7 Å². The van der Waals surface area contributed by atoms with Crippen LogP contribution in [-0.4, -0.2) is 26.7 Å². The second-order valence-corrected chi connectivity index (χ2v) is 9.34. The molecular weight excluding hydrogens is 482 g/mol. The van der Waals surface area contributed by atoms with E-state index < -0.39 is 15.0 Å². The van der Waals surface area contributed by atoms with Crippen LogP contribution >= 0.6 is 0 Å². The molecule has 0 aliphatic rings. The van der Waals surface area contributed by atoms with Crippen LogP contribution in [0.15, 0.2) is 67.8 Å². The topological polar surface area (TPSA) is 148 Å². The van der Waals surface area contributed by atoms with Crippen molar-refractivity contribution in [2.75, 3.05) is 19.5 Å². The summed E-state index contributed by atoms with van der Waals surface area (Å²) in [4.78, 5) is -0.439. The summed E-state index contributed by atoms with van der Waals surface area (Å²) >= 11 is 0. The summed E-state index contributed by atoms with van der Waals surface area (Å²) < 4.78 is 44.0. The number of methoxy groups -OCH3 is 1. The first-order chi connectivity index (χ1) is 17.0. The maximum Gasteiger partial charge on any atom is 0.296 e. The van der Waals surface area contributed by atoms with Crippen molar-refractivity contribution < 1.29 is 22.4 Å². The minimum Gasteiger partial charge on any atom is -0.497 e. The van der Waals surface area contributed by atoms with Gasteiger partial charge in [0.25, 0.3) is 10.1 Å². The molecule has 36 heavy (non-hydrogen) atoms. The van der Waals surface area contributed by atoms with Crippen molar-refractivity contribution in [1.82, 2.24) is 0 Å². The Labute approximate surface area is 210 Å². The highest BCUT2D eigenvalue weighted by atomic mass is 32.2. The highest BCUT2D eigenvalue weighted by molar-refractivity contribution is 7.86. The lowest BCUT2D eigenvalue weighted by Crippen LogP contribution is -1.99. The van der Waals surface area contributed by atoms with Gasteiger partial charge in [0.15, 0.2) is 0 Å². The minimum absolute atomic E-state index is 0.0707. The lowest BCUT2D eigenvalue weighted by atomic mass is 10.1. The summed E-state index contributed by atoms with van der Waals surface area (Å²) in [5.41, 5.74) is 10.6. The van der Waals surface area contributed by atoms with Crippen LogP contribution in [0.5, 0.6) is 11.5 Å². The Kier molecular flexibility index (Phi) is 8.38. The zero-order valence-electron chi connectivity index (χ0n) is 20.4. The smallest absolute Gasteiger partial charge is 0.296 e. The molecule has 0 aliphatic heterocycles. The number of anilines is 1. The van der Waals surface area contributed by atoms with E-state index in [0.717, 1.165) is 22.8 Å². The Hall–Kier alpha value is -3.83. The summed E-state index contributed by atoms with van der Waals surface area (Å²) in [6.45, 7) is 11.4. The Morgan fingerprint density at radius 2 is 1.44 bits per heavy atom. The van der Waals surface area contributed by atoms with Crippen molar-refractivity contribution in [3.8, 4) is 11.5 Å². The number of aryl methyl sites for hydroxylation is 3. The summed E-state index contributed by atoms with van der Waals surface area (Å²) in [5, 5.41) is 16.9. The highest BCUT2D eigenvalue weighted by Gasteiger charge is 2.17. The van der Waals surface area contributed by atoms with E-state index in [4.69, 9.17) is 22.1 Å². The molecule has 0 heterocycles. The Morgan fingerprint density at radius 3 is 2.08 bits per heavy atom. The number of nitrogens with two attached hydrogens (primary N) is 1. The van der Waals surface area contributed by atoms with Gasteiger partial charge < -0.3 is 15.2 Å². The number of hydrogen-bond donors (Lipinski definition) is 2. The largest absolute Gasteiger partial charge is 0.497 e. The fraction of sp³-hybridized carbons (Fsp3) is 0.240. The SMILES string of the molecule is [CH]CCOc1cc(N=Nc2cc(C)c(N)cc2C)c(C)cc1N=Nc1ccc(OC)cc1S(=O)(=O)O. The number of ether oxygens (including phenoxy) is 2. The highest BCUT2D eigenvalue weighted by Crippen LogP contribution is 2.38. The fourth-order valence-electron chi connectivity index (χ4n) is 3.19. The second kappa shape index (κ2) is 11.3. The van der Waals surface area contributed by atoms with Crippen LogP contribution in [0.3, 0.4) is 0 Å². The first-order valence-corrected chi connectivity index (χ1v) is 12.3. The first-order valence-electron chi connectivity index (χ1n) is 10.9. The van der Waals surface area contributed by atoms with Crippen molar-refractivity contribution in [3.63, 3.8) is 0 Å². The van der Waals surface area contributed by atoms with Gasteiger partial charge in [-0.15, -0.1) is 10.2 Å². The van der Waals surface area contributed by atoms with Crippen molar-refractivity contribution in [3.05, 3.63) is 66.1 Å². The van der Waals surface area contributed by atoms with E-state index in [0.29, 0.717) is 28.5 Å². The van der Waals surface area contributed by atoms with E-state index in [1.165, 1.54) is 19.2 Å². The van der Waals surface area contributed by atoms with Gasteiger partial charge in [-0.1, -0.05) is 0 Å². The number of azo groups is 2. The van der Waals surface area contributed by atoms with Gasteiger partial charge in [-0.3, -0.25) is 4.55 Å². The lowest BCUT2D eigenvalue weighted by Gasteiger charge is -2.10. The minimum atomic E-state index is -4.57. The van der Waals surface area contributed by atoms with Crippen molar-refractivity contribution in [1.29, 1.82) is 0 Å². The normalized spacial score (nSPS) is 11.9. The van der Waals surface area contributed by atoms with Crippen molar-refractivity contribution >= 4 is 38.6 Å². The van der Waals surface area contributed by atoms with Gasteiger partial charge in [-0.05, 0) is 81.1 Å². The molecule has 0 fully saturated rings. The van der Waals surface area contributed by atoms with E-state index in [-0.39, 0.29) is 24.5 Å². The third-order valence-electron chi connectivity index (χ3n) is 5.21. The zero-order chi connectivity index (χ0) is 26.5. The molecule has 2 radical (unpaired) electrons. The quantitative estimate of drug-likeness (QED) is 0.185. The number of nitrogen functional groups attached to an aromatic ring is 1. The van der Waals surface area contributed by atoms with E-state index in [1.54, 1.807) is 12.1 Å². The van der Waals surface area contributed by atoms with Gasteiger partial charge in [-0.2, -0.15) is 18.6 Å². The number of benzene rings is 3. The summed E-state index contributed by atoms with van der Waals surface area (Å²) in [6, 6.07) is 11.1. The molecule has 0 saturated carbocycles. The maximum absolute atomic E-state index is 11.8. The molecule has 10 nitrogen and oxygen atoms in total. The first kappa shape index (κ1) is 26.8. The molecule has 0 bridgehead atoms. The van der Waals surface area contributed by atoms with Gasteiger partial charge in [0.2, 0.25) is 0 Å². The molecule has 0 spiro atoms. The van der Waals surface area contributed by atoms with E-state index in [1.807, 2.05) is 32.9 Å². The summed E-state index contributed by atoms with van der Waals surface area (Å²) in [6.07, 6.45) is 0.261. The van der Waals surface area contributed by atoms with Crippen molar-refractivity contribution in [2.45, 2.75) is 32.1 Å². The molecule has 0 aromatic heterocycles. The van der Waals surface area contributed by atoms with Crippen LogP contribution in [-0.2, 0) is 10.1 Å². The molecule has 3 aromatic rings. The van der Waals surface area contributed by atoms with E-state index in [9.17, 15) is 13.0 Å². The Morgan fingerprint density at radius 1 is 0.861 bits per heavy atom. The Balaban J connectivity index is 2.02. The summed E-state index contributed by atoms with van der Waals surface area (Å²) in [5.74, 6) is 0.571. The van der Waals surface area contributed by atoms with Crippen LogP contribution in [0.2, 0.25) is 0 Å². The summed E-state index contributed by atoms with van der Waals surface area (Å²) in [7, 11) is -3.19. The zero-order valence-corrected chi connectivity index (χ0v) is 21.2. The molecule has 0 amide bonds. The number of rotatable bonds is 9. The predicted molar refractivity (Wildman–Crippen MR) is 137 cm³/mol. The predicted octanol–water partition coefficient (Wildman–Crippen LogP) is 6.76. The molecular formula is C25H27N5O5S. The molecule has 11 heteroatoms. The third kappa shape index (κ3) is 6.43. The molecule has 3 rings (SSSR count). The fourth-order valence-corrected chi connectivity index (χ4v) is 3.83. The lowest BCUT2D eigenvalue weighted by molar-refractivity contribution is 0.325. The van der Waals surface area contributed by atoms with Gasteiger partial charge in [0, 0.05) is 17.8 Å². The molecule has 3 N–H and O–H groups in total. The van der Waals surface area contributed by atoms with Crippen LogP contribution in [0.1, 0.15) is 23.1 Å². The average molecular weight is 510 g/mol. The second-order valence-electron chi connectivity index (χ2n) is 7.95. The molecule has 0 aliphatic carbocycles. The third-order valence-corrected chi connectivity index (χ3v) is 6.10. The molecule has 0 unspecified atom stereocenters. The van der Waals surface area contributed by atoms with Gasteiger partial charge >= 0.3 is 0 Å². The molecule has 188 valence electrons. The van der Waals surface area contributed by atoms with Crippen molar-refractivity contribution in [2.24, 2.45) is 20.5 Å². The molecule has 3 aromatic carbocycles. The molecule has 0 saturated heterocycles. The average Bonchev–Trinajstić information content (AvgIpc) is 2.83. The van der Waals surface area contributed by atoms with Crippen LogP contribution in [0.25, 0.3) is 0 Å². The van der Waals surface area contributed by atoms with Gasteiger partial charge in [0.1, 0.15) is 27.8 Å². The van der Waals surface area contributed by atoms with Crippen LogP contribution < -0.4 is 15.2 Å².